The Kier molecular flexibility index (Phi) is 3.08. The van der Waals surface area contributed by atoms with Crippen LogP contribution >= 0.6 is 11.3 Å². The van der Waals surface area contributed by atoms with Crippen LogP contribution in [0.15, 0.2) is 42.5 Å². The van der Waals surface area contributed by atoms with Crippen molar-refractivity contribution in [2.24, 2.45) is 0 Å². The van der Waals surface area contributed by atoms with E-state index in [-0.39, 0.29) is 11.7 Å². The molecule has 0 saturated carbocycles. The van der Waals surface area contributed by atoms with Gasteiger partial charge in [0.2, 0.25) is 0 Å². The van der Waals surface area contributed by atoms with Gasteiger partial charge in [0.15, 0.2) is 5.13 Å². The molecule has 100 valence electrons. The number of fused-ring (bicyclic) bond motifs is 1. The van der Waals surface area contributed by atoms with Gasteiger partial charge in [-0.15, -0.1) is 0 Å². The van der Waals surface area contributed by atoms with E-state index in [1.165, 1.54) is 41.7 Å². The van der Waals surface area contributed by atoms with Gasteiger partial charge in [-0.1, -0.05) is 11.3 Å². The number of thiazole rings is 1. The lowest BCUT2D eigenvalue weighted by molar-refractivity contribution is 0.102. The normalized spacial score (nSPS) is 10.7. The molecule has 0 unspecified atom stereocenters. The molecule has 0 aliphatic carbocycles. The predicted octanol–water partition coefficient (Wildman–Crippen LogP) is 3.39. The molecule has 0 radical (unpaired) electrons. The highest BCUT2D eigenvalue weighted by Crippen LogP contribution is 2.28. The van der Waals surface area contributed by atoms with Crippen LogP contribution in [0.4, 0.5) is 9.52 Å². The second kappa shape index (κ2) is 4.90. The maximum Gasteiger partial charge on any atom is 0.257 e. The molecule has 4 nitrogen and oxygen atoms in total. The number of anilines is 1. The second-order valence-corrected chi connectivity index (χ2v) is 5.16. The van der Waals surface area contributed by atoms with Crippen LogP contribution in [0.2, 0.25) is 0 Å². The topological polar surface area (TPSA) is 62.2 Å². The number of aromatic hydroxyl groups is 1. The summed E-state index contributed by atoms with van der Waals surface area (Å²) >= 11 is 1.26. The summed E-state index contributed by atoms with van der Waals surface area (Å²) in [6.07, 6.45) is 0. The maximum atomic E-state index is 12.8. The Morgan fingerprint density at radius 1 is 1.20 bits per heavy atom. The minimum Gasteiger partial charge on any atom is -0.508 e. The van der Waals surface area contributed by atoms with E-state index in [1.807, 2.05) is 0 Å². The van der Waals surface area contributed by atoms with Crippen molar-refractivity contribution in [3.8, 4) is 5.75 Å². The van der Waals surface area contributed by atoms with Gasteiger partial charge in [0.25, 0.3) is 5.91 Å². The minimum atomic E-state index is -0.392. The van der Waals surface area contributed by atoms with Crippen molar-refractivity contribution >= 4 is 32.6 Å². The van der Waals surface area contributed by atoms with Crippen molar-refractivity contribution in [3.63, 3.8) is 0 Å². The Labute approximate surface area is 117 Å². The largest absolute Gasteiger partial charge is 0.508 e. The van der Waals surface area contributed by atoms with Gasteiger partial charge in [-0.05, 0) is 42.5 Å². The Balaban J connectivity index is 1.85. The summed E-state index contributed by atoms with van der Waals surface area (Å²) in [5, 5.41) is 12.5. The first-order chi connectivity index (χ1) is 9.61. The lowest BCUT2D eigenvalue weighted by atomic mass is 10.2. The molecule has 0 atom stereocenters. The number of halogens is 1. The number of amides is 1. The fourth-order valence-electron chi connectivity index (χ4n) is 1.74. The Hall–Kier alpha value is -2.47. The van der Waals surface area contributed by atoms with Gasteiger partial charge in [-0.2, -0.15) is 0 Å². The minimum absolute atomic E-state index is 0.151. The first-order valence-electron chi connectivity index (χ1n) is 5.78. The molecule has 20 heavy (non-hydrogen) atoms. The third kappa shape index (κ3) is 2.46. The highest BCUT2D eigenvalue weighted by molar-refractivity contribution is 7.22. The fraction of sp³-hybridized carbons (Fsp3) is 0. The summed E-state index contributed by atoms with van der Waals surface area (Å²) in [4.78, 5) is 16.2. The van der Waals surface area contributed by atoms with Crippen LogP contribution in [0.5, 0.6) is 5.75 Å². The number of rotatable bonds is 2. The molecule has 0 bridgehead atoms. The van der Waals surface area contributed by atoms with Gasteiger partial charge in [0, 0.05) is 5.56 Å². The number of phenolic OH excluding ortho intramolecular Hbond substituents is 1. The summed E-state index contributed by atoms with van der Waals surface area (Å²) in [6, 6.07) is 10.1. The van der Waals surface area contributed by atoms with Crippen molar-refractivity contribution in [1.29, 1.82) is 0 Å². The van der Waals surface area contributed by atoms with Crippen LogP contribution < -0.4 is 5.32 Å². The second-order valence-electron chi connectivity index (χ2n) is 4.13. The lowest BCUT2D eigenvalue weighted by Gasteiger charge is -2.00. The number of nitrogens with zero attached hydrogens (tertiary/aromatic N) is 1. The van der Waals surface area contributed by atoms with Gasteiger partial charge in [-0.3, -0.25) is 10.1 Å². The predicted molar refractivity (Wildman–Crippen MR) is 75.6 cm³/mol. The zero-order chi connectivity index (χ0) is 14.1. The summed E-state index contributed by atoms with van der Waals surface area (Å²) in [5.74, 6) is -0.595. The van der Waals surface area contributed by atoms with Gasteiger partial charge in [0.1, 0.15) is 11.6 Å². The molecule has 2 aromatic carbocycles. The van der Waals surface area contributed by atoms with Crippen LogP contribution in [-0.4, -0.2) is 16.0 Å². The molecule has 0 aliphatic rings. The van der Waals surface area contributed by atoms with E-state index in [0.29, 0.717) is 16.2 Å². The van der Waals surface area contributed by atoms with E-state index in [1.54, 1.807) is 12.1 Å². The van der Waals surface area contributed by atoms with Crippen molar-refractivity contribution in [1.82, 2.24) is 4.98 Å². The number of carbonyl (C=O) groups excluding carboxylic acids is 1. The van der Waals surface area contributed by atoms with E-state index in [4.69, 9.17) is 0 Å². The molecular formula is C14H9FN2O2S. The smallest absolute Gasteiger partial charge is 0.257 e. The summed E-state index contributed by atoms with van der Waals surface area (Å²) in [7, 11) is 0. The zero-order valence-corrected chi connectivity index (χ0v) is 10.9. The molecule has 0 saturated heterocycles. The average molecular weight is 287 g/mol. The molecule has 1 heterocycles. The van der Waals surface area contributed by atoms with Gasteiger partial charge in [0.05, 0.1) is 10.2 Å². The quantitative estimate of drug-likeness (QED) is 0.759. The van der Waals surface area contributed by atoms with Crippen molar-refractivity contribution in [2.45, 2.75) is 0 Å². The maximum absolute atomic E-state index is 12.8. The monoisotopic (exact) mass is 287 g/mol. The van der Waals surface area contributed by atoms with E-state index in [9.17, 15) is 14.3 Å². The highest BCUT2D eigenvalue weighted by atomic mass is 32.1. The molecule has 6 heteroatoms. The lowest BCUT2D eigenvalue weighted by Crippen LogP contribution is -2.11. The van der Waals surface area contributed by atoms with Gasteiger partial charge in [-0.25, -0.2) is 9.37 Å². The Morgan fingerprint density at radius 2 is 1.95 bits per heavy atom. The van der Waals surface area contributed by atoms with E-state index >= 15 is 0 Å². The summed E-state index contributed by atoms with van der Waals surface area (Å²) < 4.78 is 13.6. The van der Waals surface area contributed by atoms with Crippen LogP contribution in [0.1, 0.15) is 10.4 Å². The number of hydrogen-bond acceptors (Lipinski definition) is 4. The van der Waals surface area contributed by atoms with Crippen LogP contribution in [0.25, 0.3) is 10.2 Å². The summed E-state index contributed by atoms with van der Waals surface area (Å²) in [6.45, 7) is 0. The van der Waals surface area contributed by atoms with Crippen LogP contribution in [0.3, 0.4) is 0 Å². The molecule has 1 amide bonds. The van der Waals surface area contributed by atoms with Gasteiger partial charge < -0.3 is 5.11 Å². The van der Waals surface area contributed by atoms with Crippen molar-refractivity contribution in [2.75, 3.05) is 5.32 Å². The number of phenols is 1. The molecular weight excluding hydrogens is 278 g/mol. The third-order valence-electron chi connectivity index (χ3n) is 2.70. The third-order valence-corrected chi connectivity index (χ3v) is 3.63. The number of nitrogens with one attached hydrogen (secondary N) is 1. The molecule has 3 aromatic rings. The first-order valence-corrected chi connectivity index (χ1v) is 6.60. The van der Waals surface area contributed by atoms with Crippen molar-refractivity contribution < 1.29 is 14.3 Å². The Bertz CT molecular complexity index is 783. The van der Waals surface area contributed by atoms with Crippen LogP contribution in [0, 0.1) is 5.82 Å². The van der Waals surface area contributed by atoms with Crippen molar-refractivity contribution in [3.05, 3.63) is 53.8 Å². The SMILES string of the molecule is O=C(Nc1nc2ccc(O)cc2s1)c1ccc([18F])cc1. The molecule has 1 aromatic heterocycles. The molecule has 0 spiro atoms. The zero-order valence-electron chi connectivity index (χ0n) is 10.1. The van der Waals surface area contributed by atoms with Crippen LogP contribution in [-0.2, 0) is 0 Å². The number of aromatic nitrogens is 1. The van der Waals surface area contributed by atoms with E-state index in [2.05, 4.69) is 10.3 Å². The number of hydrogen-bond donors (Lipinski definition) is 2. The van der Waals surface area contributed by atoms with E-state index < -0.39 is 5.82 Å². The molecule has 0 fully saturated rings. The number of benzene rings is 2. The van der Waals surface area contributed by atoms with E-state index in [0.717, 1.165) is 4.70 Å². The molecule has 0 aliphatic heterocycles. The summed E-state index contributed by atoms with van der Waals surface area (Å²) in [5.41, 5.74) is 1.05. The average Bonchev–Trinajstić information content (AvgIpc) is 2.80. The molecule has 2 N–H and O–H groups in total. The van der Waals surface area contributed by atoms with Gasteiger partial charge >= 0.3 is 0 Å². The highest BCUT2D eigenvalue weighted by Gasteiger charge is 2.10. The first kappa shape index (κ1) is 12.6. The molecule has 3 rings (SSSR count). The standard InChI is InChI=1S/C14H9FN2O2S/c15-9-3-1-8(2-4-9)13(19)17-14-16-11-6-5-10(18)7-12(11)20-14/h1-7,18H,(H,16,17,19)/i15-1. The number of carbonyl (C=O) groups is 1. The Morgan fingerprint density at radius 3 is 2.70 bits per heavy atom. The fourth-order valence-corrected chi connectivity index (χ4v) is 2.63.